The highest BCUT2D eigenvalue weighted by molar-refractivity contribution is 5.94. The molecule has 1 atom stereocenters. The standard InChI is InChI=1S/C21H27F2N3O2/c22-13-16(23)4-2-1-3-5-21(28)26-20-11-8-17(12-19(20)24)25-14-15-6-9-18(27)10-7-15/h6-12,16,25,27H,1-5,13-14,24H2,(H,26,28)/t16-/m1/s1. The number of nitrogens with two attached hydrogens (primary N) is 1. The van der Waals surface area contributed by atoms with Crippen molar-refractivity contribution in [3.63, 3.8) is 0 Å². The summed E-state index contributed by atoms with van der Waals surface area (Å²) < 4.78 is 24.8. The van der Waals surface area contributed by atoms with E-state index >= 15 is 0 Å². The minimum atomic E-state index is -1.39. The molecule has 2 aromatic rings. The summed E-state index contributed by atoms with van der Waals surface area (Å²) in [5.41, 5.74) is 8.84. The first-order valence-corrected chi connectivity index (χ1v) is 9.39. The second-order valence-electron chi connectivity index (χ2n) is 6.72. The van der Waals surface area contributed by atoms with Gasteiger partial charge in [-0.15, -0.1) is 0 Å². The van der Waals surface area contributed by atoms with Crippen LogP contribution in [0.15, 0.2) is 42.5 Å². The van der Waals surface area contributed by atoms with Gasteiger partial charge in [-0.25, -0.2) is 8.78 Å². The lowest BCUT2D eigenvalue weighted by Gasteiger charge is -2.12. The fraction of sp³-hybridized carbons (Fsp3) is 0.381. The Labute approximate surface area is 163 Å². The second kappa shape index (κ2) is 11.1. The van der Waals surface area contributed by atoms with Crippen LogP contribution in [0.3, 0.4) is 0 Å². The van der Waals surface area contributed by atoms with Crippen LogP contribution >= 0.6 is 0 Å². The smallest absolute Gasteiger partial charge is 0.224 e. The number of carbonyl (C=O) groups excluding carboxylic acids is 1. The molecule has 0 saturated carbocycles. The molecule has 28 heavy (non-hydrogen) atoms. The third kappa shape index (κ3) is 7.42. The topological polar surface area (TPSA) is 87.4 Å². The lowest BCUT2D eigenvalue weighted by molar-refractivity contribution is -0.116. The predicted molar refractivity (Wildman–Crippen MR) is 109 cm³/mol. The molecule has 1 amide bonds. The van der Waals surface area contributed by atoms with Crippen LogP contribution < -0.4 is 16.4 Å². The average Bonchev–Trinajstić information content (AvgIpc) is 2.69. The molecule has 2 rings (SSSR count). The maximum Gasteiger partial charge on any atom is 0.224 e. The number of phenolic OH excluding ortho intramolecular Hbond substituents is 1. The van der Waals surface area contributed by atoms with E-state index in [-0.39, 0.29) is 18.1 Å². The van der Waals surface area contributed by atoms with Gasteiger partial charge in [-0.05, 0) is 48.7 Å². The van der Waals surface area contributed by atoms with Crippen LogP contribution in [0.1, 0.15) is 37.7 Å². The number of unbranched alkanes of at least 4 members (excludes halogenated alkanes) is 2. The van der Waals surface area contributed by atoms with E-state index in [9.17, 15) is 18.7 Å². The average molecular weight is 391 g/mol. The molecule has 0 heterocycles. The fourth-order valence-electron chi connectivity index (χ4n) is 2.72. The number of hydrogen-bond acceptors (Lipinski definition) is 4. The fourth-order valence-corrected chi connectivity index (χ4v) is 2.72. The summed E-state index contributed by atoms with van der Waals surface area (Å²) in [6.07, 6.45) is 0.994. The van der Waals surface area contributed by atoms with Crippen LogP contribution in [0.4, 0.5) is 25.8 Å². The number of nitrogens with one attached hydrogen (secondary N) is 2. The quantitative estimate of drug-likeness (QED) is 0.328. The Hall–Kier alpha value is -2.83. The summed E-state index contributed by atoms with van der Waals surface area (Å²) in [5.74, 6) is 0.0678. The van der Waals surface area contributed by atoms with Gasteiger partial charge in [0.05, 0.1) is 11.4 Å². The second-order valence-corrected chi connectivity index (χ2v) is 6.72. The number of halogens is 2. The Kier molecular flexibility index (Phi) is 8.52. The molecule has 0 bridgehead atoms. The molecular weight excluding hydrogens is 364 g/mol. The molecule has 7 heteroatoms. The zero-order chi connectivity index (χ0) is 20.4. The Balaban J connectivity index is 1.75. The molecule has 0 aliphatic rings. The van der Waals surface area contributed by atoms with Gasteiger partial charge < -0.3 is 21.5 Å². The molecule has 2 aromatic carbocycles. The molecule has 0 unspecified atom stereocenters. The third-order valence-corrected chi connectivity index (χ3v) is 4.35. The molecule has 0 aromatic heterocycles. The number of aromatic hydroxyl groups is 1. The summed E-state index contributed by atoms with van der Waals surface area (Å²) in [5, 5.41) is 15.3. The van der Waals surface area contributed by atoms with Gasteiger partial charge >= 0.3 is 0 Å². The van der Waals surface area contributed by atoms with Crippen LogP contribution in [0.25, 0.3) is 0 Å². The van der Waals surface area contributed by atoms with E-state index in [4.69, 9.17) is 5.73 Å². The summed E-state index contributed by atoms with van der Waals surface area (Å²) in [6, 6.07) is 12.2. The van der Waals surface area contributed by atoms with Crippen molar-refractivity contribution in [3.8, 4) is 5.75 Å². The monoisotopic (exact) mass is 391 g/mol. The van der Waals surface area contributed by atoms with Crippen LogP contribution in [-0.2, 0) is 11.3 Å². The largest absolute Gasteiger partial charge is 0.508 e. The van der Waals surface area contributed by atoms with E-state index in [2.05, 4.69) is 10.6 Å². The zero-order valence-corrected chi connectivity index (χ0v) is 15.8. The summed E-state index contributed by atoms with van der Waals surface area (Å²) in [7, 11) is 0. The van der Waals surface area contributed by atoms with Crippen molar-refractivity contribution in [2.45, 2.75) is 44.8 Å². The van der Waals surface area contributed by atoms with Crippen LogP contribution in [0, 0.1) is 0 Å². The summed E-state index contributed by atoms with van der Waals surface area (Å²) in [4.78, 5) is 12.0. The molecule has 0 saturated heterocycles. The van der Waals surface area contributed by atoms with Gasteiger partial charge in [0.25, 0.3) is 0 Å². The van der Waals surface area contributed by atoms with Crippen molar-refractivity contribution in [2.75, 3.05) is 23.0 Å². The Bertz CT molecular complexity index is 754. The number of amides is 1. The van der Waals surface area contributed by atoms with Crippen molar-refractivity contribution < 1.29 is 18.7 Å². The molecule has 5 N–H and O–H groups in total. The highest BCUT2D eigenvalue weighted by Crippen LogP contribution is 2.24. The van der Waals surface area contributed by atoms with Crippen molar-refractivity contribution in [3.05, 3.63) is 48.0 Å². The Morgan fingerprint density at radius 3 is 2.54 bits per heavy atom. The van der Waals surface area contributed by atoms with Gasteiger partial charge in [-0.3, -0.25) is 4.79 Å². The van der Waals surface area contributed by atoms with Gasteiger partial charge in [0.2, 0.25) is 5.91 Å². The number of phenols is 1. The van der Waals surface area contributed by atoms with Gasteiger partial charge in [0, 0.05) is 18.7 Å². The highest BCUT2D eigenvalue weighted by atomic mass is 19.2. The van der Waals surface area contributed by atoms with Gasteiger partial charge in [-0.1, -0.05) is 25.0 Å². The van der Waals surface area contributed by atoms with E-state index in [1.165, 1.54) is 0 Å². The minimum Gasteiger partial charge on any atom is -0.508 e. The lowest BCUT2D eigenvalue weighted by Crippen LogP contribution is -2.13. The van der Waals surface area contributed by atoms with E-state index in [1.54, 1.807) is 24.3 Å². The Morgan fingerprint density at radius 2 is 1.86 bits per heavy atom. The molecule has 0 aliphatic heterocycles. The maximum atomic E-state index is 12.8. The van der Waals surface area contributed by atoms with Crippen molar-refractivity contribution >= 4 is 23.0 Å². The first-order chi connectivity index (χ1) is 13.5. The Morgan fingerprint density at radius 1 is 1.11 bits per heavy atom. The molecule has 5 nitrogen and oxygen atoms in total. The molecule has 0 spiro atoms. The van der Waals surface area contributed by atoms with Gasteiger partial charge in [0.1, 0.15) is 18.6 Å². The normalized spacial score (nSPS) is 11.8. The van der Waals surface area contributed by atoms with Crippen molar-refractivity contribution in [1.29, 1.82) is 0 Å². The maximum absolute atomic E-state index is 12.8. The lowest BCUT2D eigenvalue weighted by atomic mass is 10.1. The predicted octanol–water partition coefficient (Wildman–Crippen LogP) is 4.78. The van der Waals surface area contributed by atoms with Gasteiger partial charge in [-0.2, -0.15) is 0 Å². The van der Waals surface area contributed by atoms with E-state index in [1.807, 2.05) is 18.2 Å². The number of benzene rings is 2. The first kappa shape index (κ1) is 21.5. The molecule has 0 fully saturated rings. The molecular formula is C21H27F2N3O2. The van der Waals surface area contributed by atoms with E-state index in [0.717, 1.165) is 11.3 Å². The summed E-state index contributed by atoms with van der Waals surface area (Å²) in [6.45, 7) is -0.368. The summed E-state index contributed by atoms with van der Waals surface area (Å²) >= 11 is 0. The molecule has 152 valence electrons. The number of nitrogen functional groups attached to an aromatic ring is 1. The molecule has 0 aliphatic carbocycles. The number of anilines is 3. The number of hydrogen-bond donors (Lipinski definition) is 4. The number of rotatable bonds is 11. The van der Waals surface area contributed by atoms with Crippen LogP contribution in [0.2, 0.25) is 0 Å². The van der Waals surface area contributed by atoms with E-state index in [0.29, 0.717) is 43.6 Å². The van der Waals surface area contributed by atoms with Crippen LogP contribution in [-0.4, -0.2) is 23.9 Å². The molecule has 0 radical (unpaired) electrons. The minimum absolute atomic E-state index is 0.154. The van der Waals surface area contributed by atoms with Gasteiger partial charge in [0.15, 0.2) is 0 Å². The number of alkyl halides is 2. The van der Waals surface area contributed by atoms with Crippen molar-refractivity contribution in [1.82, 2.24) is 0 Å². The van der Waals surface area contributed by atoms with E-state index < -0.39 is 12.8 Å². The zero-order valence-electron chi connectivity index (χ0n) is 15.8. The first-order valence-electron chi connectivity index (χ1n) is 9.39. The van der Waals surface area contributed by atoms with Crippen LogP contribution in [0.5, 0.6) is 5.75 Å². The number of carbonyl (C=O) groups is 1. The highest BCUT2D eigenvalue weighted by Gasteiger charge is 2.08. The van der Waals surface area contributed by atoms with Crippen molar-refractivity contribution in [2.24, 2.45) is 0 Å². The third-order valence-electron chi connectivity index (χ3n) is 4.35. The SMILES string of the molecule is Nc1cc(NCc2ccc(O)cc2)ccc1NC(=O)CCCCC[C@@H](F)CF.